The minimum Gasteiger partial charge on any atom is -0.345 e. The van der Waals surface area contributed by atoms with Crippen molar-refractivity contribution < 1.29 is 9.59 Å². The molecule has 0 aliphatic carbocycles. The van der Waals surface area contributed by atoms with Gasteiger partial charge in [-0.2, -0.15) is 0 Å². The third-order valence-corrected chi connectivity index (χ3v) is 5.77. The summed E-state index contributed by atoms with van der Waals surface area (Å²) >= 11 is 7.47. The number of rotatable bonds is 8. The number of anilines is 1. The molecule has 1 unspecified atom stereocenters. The first kappa shape index (κ1) is 21.9. The quantitative estimate of drug-likeness (QED) is 0.427. The summed E-state index contributed by atoms with van der Waals surface area (Å²) in [5.41, 5.74) is 1.97. The van der Waals surface area contributed by atoms with E-state index in [0.717, 1.165) is 10.5 Å². The van der Waals surface area contributed by atoms with Crippen molar-refractivity contribution in [3.63, 3.8) is 0 Å². The third kappa shape index (κ3) is 6.37. The minimum absolute atomic E-state index is 0.132. The lowest BCUT2D eigenvalue weighted by Crippen LogP contribution is -2.28. The second kappa shape index (κ2) is 10.9. The Kier molecular flexibility index (Phi) is 7.94. The second-order valence-electron chi connectivity index (χ2n) is 6.75. The van der Waals surface area contributed by atoms with Crippen molar-refractivity contribution in [1.82, 2.24) is 5.32 Å². The first-order chi connectivity index (χ1) is 14.5. The van der Waals surface area contributed by atoms with Gasteiger partial charge in [0, 0.05) is 22.1 Å². The molecule has 0 aliphatic rings. The van der Waals surface area contributed by atoms with Gasteiger partial charge in [-0.25, -0.2) is 0 Å². The molecule has 0 radical (unpaired) electrons. The van der Waals surface area contributed by atoms with Gasteiger partial charge in [0.05, 0.1) is 17.3 Å². The van der Waals surface area contributed by atoms with Gasteiger partial charge >= 0.3 is 0 Å². The number of benzene rings is 3. The van der Waals surface area contributed by atoms with E-state index < -0.39 is 0 Å². The van der Waals surface area contributed by atoms with Crippen molar-refractivity contribution in [3.8, 4) is 0 Å². The fraction of sp³-hybridized carbons (Fsp3) is 0.167. The van der Waals surface area contributed by atoms with Gasteiger partial charge in [-0.1, -0.05) is 54.1 Å². The zero-order valence-corrected chi connectivity index (χ0v) is 18.2. The molecular weight excluding hydrogens is 416 g/mol. The van der Waals surface area contributed by atoms with Crippen LogP contribution in [0, 0.1) is 0 Å². The van der Waals surface area contributed by atoms with E-state index in [1.807, 2.05) is 61.5 Å². The smallest absolute Gasteiger partial charge is 0.253 e. The Bertz CT molecular complexity index is 994. The monoisotopic (exact) mass is 438 g/mol. The average molecular weight is 439 g/mol. The molecule has 1 atom stereocenters. The molecule has 0 heterocycles. The summed E-state index contributed by atoms with van der Waals surface area (Å²) in [6.45, 7) is 1.93. The Morgan fingerprint density at radius 1 is 0.933 bits per heavy atom. The van der Waals surface area contributed by atoms with E-state index in [9.17, 15) is 9.59 Å². The van der Waals surface area contributed by atoms with Crippen LogP contribution >= 0.6 is 23.4 Å². The van der Waals surface area contributed by atoms with E-state index in [1.54, 1.807) is 36.0 Å². The van der Waals surface area contributed by atoms with Gasteiger partial charge in [0.1, 0.15) is 0 Å². The molecule has 0 spiro atoms. The highest BCUT2D eigenvalue weighted by Crippen LogP contribution is 2.22. The molecule has 0 fully saturated rings. The first-order valence-corrected chi connectivity index (χ1v) is 11.0. The highest BCUT2D eigenvalue weighted by atomic mass is 35.5. The van der Waals surface area contributed by atoms with E-state index in [2.05, 4.69) is 10.6 Å². The molecule has 2 N–H and O–H groups in total. The van der Waals surface area contributed by atoms with E-state index in [4.69, 9.17) is 11.6 Å². The van der Waals surface area contributed by atoms with E-state index in [1.165, 1.54) is 0 Å². The summed E-state index contributed by atoms with van der Waals surface area (Å²) in [7, 11) is 0. The summed E-state index contributed by atoms with van der Waals surface area (Å²) in [5, 5.41) is 6.54. The maximum Gasteiger partial charge on any atom is 0.253 e. The van der Waals surface area contributed by atoms with Gasteiger partial charge in [0.15, 0.2) is 0 Å². The normalized spacial score (nSPS) is 11.5. The fourth-order valence-electron chi connectivity index (χ4n) is 2.89. The molecule has 4 nitrogen and oxygen atoms in total. The largest absolute Gasteiger partial charge is 0.345 e. The standard InChI is InChI=1S/C24H23ClN2O2S/c1-17(18-7-3-2-4-8-18)26-24(29)21-9-5-6-10-22(21)27-23(28)15-16-30-20-13-11-19(25)12-14-20/h2-14,17H,15-16H2,1H3,(H,26,29)(H,27,28). The van der Waals surface area contributed by atoms with Crippen LogP contribution in [0.5, 0.6) is 0 Å². The number of thioether (sulfide) groups is 1. The molecule has 0 aromatic heterocycles. The lowest BCUT2D eigenvalue weighted by Gasteiger charge is -2.16. The van der Waals surface area contributed by atoms with Crippen LogP contribution in [0.15, 0.2) is 83.8 Å². The van der Waals surface area contributed by atoms with E-state index in [-0.39, 0.29) is 17.9 Å². The Morgan fingerprint density at radius 2 is 1.60 bits per heavy atom. The van der Waals surface area contributed by atoms with Gasteiger partial charge in [0.25, 0.3) is 5.91 Å². The number of carbonyl (C=O) groups excluding carboxylic acids is 2. The minimum atomic E-state index is -0.224. The number of para-hydroxylation sites is 1. The predicted octanol–water partition coefficient (Wildman–Crippen LogP) is 5.95. The van der Waals surface area contributed by atoms with Crippen LogP contribution in [0.25, 0.3) is 0 Å². The summed E-state index contributed by atoms with van der Waals surface area (Å²) in [6, 6.07) is 24.2. The van der Waals surface area contributed by atoms with Crippen LogP contribution in [-0.2, 0) is 4.79 Å². The second-order valence-corrected chi connectivity index (χ2v) is 8.36. The maximum absolute atomic E-state index is 12.8. The van der Waals surface area contributed by atoms with Crippen molar-refractivity contribution in [2.45, 2.75) is 24.3 Å². The van der Waals surface area contributed by atoms with Crippen LogP contribution in [0.3, 0.4) is 0 Å². The molecule has 2 amide bonds. The molecule has 3 aromatic rings. The number of hydrogen-bond acceptors (Lipinski definition) is 3. The number of carbonyl (C=O) groups is 2. The summed E-state index contributed by atoms with van der Waals surface area (Å²) in [6.07, 6.45) is 0.337. The van der Waals surface area contributed by atoms with Crippen molar-refractivity contribution in [2.24, 2.45) is 0 Å². The Balaban J connectivity index is 1.56. The van der Waals surface area contributed by atoms with Crippen LogP contribution in [0.4, 0.5) is 5.69 Å². The van der Waals surface area contributed by atoms with Crippen LogP contribution in [0.2, 0.25) is 5.02 Å². The summed E-state index contributed by atoms with van der Waals surface area (Å²) in [5.74, 6) is 0.276. The number of halogens is 1. The molecule has 0 saturated heterocycles. The van der Waals surface area contributed by atoms with Crippen molar-refractivity contribution in [1.29, 1.82) is 0 Å². The van der Waals surface area contributed by atoms with Crippen LogP contribution < -0.4 is 10.6 Å². The van der Waals surface area contributed by atoms with E-state index >= 15 is 0 Å². The van der Waals surface area contributed by atoms with E-state index in [0.29, 0.717) is 28.4 Å². The highest BCUT2D eigenvalue weighted by molar-refractivity contribution is 7.99. The van der Waals surface area contributed by atoms with Crippen LogP contribution in [0.1, 0.15) is 35.3 Å². The molecular formula is C24H23ClN2O2S. The molecule has 0 aliphatic heterocycles. The predicted molar refractivity (Wildman–Crippen MR) is 124 cm³/mol. The zero-order chi connectivity index (χ0) is 21.3. The molecule has 3 aromatic carbocycles. The van der Waals surface area contributed by atoms with Gasteiger partial charge in [0.2, 0.25) is 5.91 Å². The Morgan fingerprint density at radius 3 is 2.33 bits per heavy atom. The van der Waals surface area contributed by atoms with Gasteiger partial charge < -0.3 is 10.6 Å². The van der Waals surface area contributed by atoms with Gasteiger partial charge in [-0.3, -0.25) is 9.59 Å². The Labute approximate surface area is 186 Å². The topological polar surface area (TPSA) is 58.2 Å². The van der Waals surface area contributed by atoms with Crippen molar-refractivity contribution >= 4 is 40.9 Å². The molecule has 3 rings (SSSR count). The SMILES string of the molecule is CC(NC(=O)c1ccccc1NC(=O)CCSc1ccc(Cl)cc1)c1ccccc1. The summed E-state index contributed by atoms with van der Waals surface area (Å²) in [4.78, 5) is 26.2. The highest BCUT2D eigenvalue weighted by Gasteiger charge is 2.16. The lowest BCUT2D eigenvalue weighted by molar-refractivity contribution is -0.115. The summed E-state index contributed by atoms with van der Waals surface area (Å²) < 4.78 is 0. The zero-order valence-electron chi connectivity index (χ0n) is 16.6. The lowest BCUT2D eigenvalue weighted by atomic mass is 10.1. The maximum atomic E-state index is 12.8. The molecule has 154 valence electrons. The van der Waals surface area contributed by atoms with Crippen LogP contribution in [-0.4, -0.2) is 17.6 Å². The fourth-order valence-corrected chi connectivity index (χ4v) is 3.87. The number of amides is 2. The number of nitrogens with one attached hydrogen (secondary N) is 2. The average Bonchev–Trinajstić information content (AvgIpc) is 2.76. The van der Waals surface area contributed by atoms with Gasteiger partial charge in [-0.15, -0.1) is 11.8 Å². The third-order valence-electron chi connectivity index (χ3n) is 4.50. The van der Waals surface area contributed by atoms with Crippen molar-refractivity contribution in [2.75, 3.05) is 11.1 Å². The van der Waals surface area contributed by atoms with Gasteiger partial charge in [-0.05, 0) is 48.9 Å². The number of hydrogen-bond donors (Lipinski definition) is 2. The molecule has 6 heteroatoms. The first-order valence-electron chi connectivity index (χ1n) is 9.66. The molecule has 0 saturated carbocycles. The molecule has 30 heavy (non-hydrogen) atoms. The Hall–Kier alpha value is -2.76. The van der Waals surface area contributed by atoms with Crippen molar-refractivity contribution in [3.05, 3.63) is 95.0 Å². The molecule has 0 bridgehead atoms.